The summed E-state index contributed by atoms with van der Waals surface area (Å²) in [5.41, 5.74) is 2.77. The van der Waals surface area contributed by atoms with E-state index in [4.69, 9.17) is 4.74 Å². The van der Waals surface area contributed by atoms with Crippen molar-refractivity contribution in [1.29, 1.82) is 0 Å². The minimum atomic E-state index is -0.612. The normalized spacial score (nSPS) is 24.4. The fourth-order valence-electron chi connectivity index (χ4n) is 5.98. The van der Waals surface area contributed by atoms with Gasteiger partial charge in [0.1, 0.15) is 17.9 Å². The van der Waals surface area contributed by atoms with Crippen LogP contribution < -0.4 is 10.1 Å². The van der Waals surface area contributed by atoms with E-state index in [0.717, 1.165) is 50.5 Å². The number of carbonyl (C=O) groups is 3. The van der Waals surface area contributed by atoms with Crippen LogP contribution in [-0.2, 0) is 22.7 Å². The Balaban J connectivity index is 1.32. The molecule has 8 heteroatoms. The summed E-state index contributed by atoms with van der Waals surface area (Å²) in [7, 11) is 0. The van der Waals surface area contributed by atoms with E-state index in [9.17, 15) is 14.4 Å². The molecule has 1 unspecified atom stereocenters. The summed E-state index contributed by atoms with van der Waals surface area (Å²) in [6.45, 7) is 9.43. The molecule has 0 radical (unpaired) electrons. The van der Waals surface area contributed by atoms with Crippen LogP contribution in [0.5, 0.6) is 5.75 Å². The molecule has 0 bridgehead atoms. The predicted octanol–water partition coefficient (Wildman–Crippen LogP) is 2.81. The maximum atomic E-state index is 13.1. The molecule has 3 aliphatic rings. The van der Waals surface area contributed by atoms with E-state index in [1.807, 2.05) is 24.3 Å². The number of likely N-dealkylation sites (N-methyl/N-ethyl adjacent to an activating group) is 1. The van der Waals surface area contributed by atoms with Crippen LogP contribution in [0.15, 0.2) is 48.5 Å². The number of fused-ring (bicyclic) bond motifs is 1. The minimum Gasteiger partial charge on any atom is -0.487 e. The molecule has 2 fully saturated rings. The molecule has 1 N–H and O–H groups in total. The maximum absolute atomic E-state index is 13.1. The second-order valence-corrected chi connectivity index (χ2v) is 10.2. The Labute approximate surface area is 218 Å². The third-order valence-electron chi connectivity index (χ3n) is 7.92. The highest BCUT2D eigenvalue weighted by atomic mass is 16.5. The van der Waals surface area contributed by atoms with Crippen molar-refractivity contribution in [2.75, 3.05) is 26.2 Å². The zero-order valence-electron chi connectivity index (χ0n) is 21.7. The zero-order valence-corrected chi connectivity index (χ0v) is 21.7. The number of rotatable bonds is 8. The molecule has 37 heavy (non-hydrogen) atoms. The molecule has 196 valence electrons. The second-order valence-electron chi connectivity index (χ2n) is 10.2. The Kier molecular flexibility index (Phi) is 7.58. The third kappa shape index (κ3) is 5.40. The smallest absolute Gasteiger partial charge is 0.255 e. The molecule has 5 rings (SSSR count). The van der Waals surface area contributed by atoms with Gasteiger partial charge in [-0.1, -0.05) is 44.2 Å². The van der Waals surface area contributed by atoms with Crippen molar-refractivity contribution in [3.8, 4) is 5.75 Å². The molecule has 0 aromatic heterocycles. The number of likely N-dealkylation sites (tertiary alicyclic amines) is 1. The van der Waals surface area contributed by atoms with Gasteiger partial charge in [0.2, 0.25) is 11.8 Å². The highest BCUT2D eigenvalue weighted by molar-refractivity contribution is 6.05. The Hall–Kier alpha value is -3.23. The zero-order chi connectivity index (χ0) is 25.9. The fourth-order valence-corrected chi connectivity index (χ4v) is 5.98. The van der Waals surface area contributed by atoms with Gasteiger partial charge in [0.05, 0.1) is 0 Å². The van der Waals surface area contributed by atoms with Crippen LogP contribution in [0.1, 0.15) is 54.6 Å². The van der Waals surface area contributed by atoms with Gasteiger partial charge < -0.3 is 9.64 Å². The minimum absolute atomic E-state index is 0.00115. The standard InChI is InChI=1S/C29H36N4O4/c1-3-32(4-2)24-14-15-31(17-20-8-6-5-7-9-20)19-26(24)37-22-10-11-23-21(16-22)18-33(29(23)36)25-12-13-27(34)30-28(25)35/h5-11,16,24-26H,3-4,12-15,17-19H2,1-2H3,(H,30,34,35)/t24-,25?,26-/m1/s1. The summed E-state index contributed by atoms with van der Waals surface area (Å²) in [5, 5.41) is 2.36. The molecule has 2 saturated heterocycles. The van der Waals surface area contributed by atoms with Gasteiger partial charge in [-0.15, -0.1) is 0 Å². The largest absolute Gasteiger partial charge is 0.487 e. The van der Waals surface area contributed by atoms with Crippen molar-refractivity contribution in [2.45, 2.75) is 64.4 Å². The van der Waals surface area contributed by atoms with E-state index in [1.54, 1.807) is 4.90 Å². The predicted molar refractivity (Wildman–Crippen MR) is 140 cm³/mol. The van der Waals surface area contributed by atoms with Crippen LogP contribution in [0, 0.1) is 0 Å². The van der Waals surface area contributed by atoms with Crippen LogP contribution in [0.25, 0.3) is 0 Å². The molecule has 2 aromatic rings. The quantitative estimate of drug-likeness (QED) is 0.557. The van der Waals surface area contributed by atoms with Crippen LogP contribution >= 0.6 is 0 Å². The highest BCUT2D eigenvalue weighted by Gasteiger charge is 2.39. The first-order valence-electron chi connectivity index (χ1n) is 13.4. The van der Waals surface area contributed by atoms with Crippen molar-refractivity contribution >= 4 is 17.7 Å². The lowest BCUT2D eigenvalue weighted by Crippen LogP contribution is -2.56. The number of hydrogen-bond donors (Lipinski definition) is 1. The molecule has 0 spiro atoms. The number of amides is 3. The van der Waals surface area contributed by atoms with Crippen molar-refractivity contribution in [3.05, 3.63) is 65.2 Å². The van der Waals surface area contributed by atoms with Gasteiger partial charge in [-0.2, -0.15) is 0 Å². The molecule has 0 aliphatic carbocycles. The Morgan fingerprint density at radius 3 is 2.54 bits per heavy atom. The Morgan fingerprint density at radius 2 is 1.81 bits per heavy atom. The highest BCUT2D eigenvalue weighted by Crippen LogP contribution is 2.31. The number of nitrogens with one attached hydrogen (secondary N) is 1. The van der Waals surface area contributed by atoms with E-state index in [2.05, 4.69) is 53.2 Å². The first-order valence-corrected chi connectivity index (χ1v) is 13.4. The van der Waals surface area contributed by atoms with Crippen molar-refractivity contribution < 1.29 is 19.1 Å². The first-order chi connectivity index (χ1) is 18.0. The van der Waals surface area contributed by atoms with E-state index in [1.165, 1.54) is 5.56 Å². The monoisotopic (exact) mass is 504 g/mol. The van der Waals surface area contributed by atoms with E-state index >= 15 is 0 Å². The van der Waals surface area contributed by atoms with Crippen LogP contribution in [0.2, 0.25) is 0 Å². The molecule has 3 amide bonds. The van der Waals surface area contributed by atoms with Crippen molar-refractivity contribution in [3.63, 3.8) is 0 Å². The van der Waals surface area contributed by atoms with E-state index in [0.29, 0.717) is 24.6 Å². The summed E-state index contributed by atoms with van der Waals surface area (Å²) < 4.78 is 6.66. The van der Waals surface area contributed by atoms with Gasteiger partial charge >= 0.3 is 0 Å². The molecular weight excluding hydrogens is 468 g/mol. The topological polar surface area (TPSA) is 82.2 Å². The third-order valence-corrected chi connectivity index (χ3v) is 7.92. The molecule has 2 aromatic carbocycles. The van der Waals surface area contributed by atoms with Gasteiger partial charge in [-0.3, -0.25) is 29.5 Å². The summed E-state index contributed by atoms with van der Waals surface area (Å²) in [6.07, 6.45) is 1.64. The number of hydrogen-bond acceptors (Lipinski definition) is 6. The first kappa shape index (κ1) is 25.4. The number of piperidine rings is 2. The van der Waals surface area contributed by atoms with Gasteiger partial charge in [-0.25, -0.2) is 0 Å². The second kappa shape index (κ2) is 11.0. The molecule has 3 heterocycles. The van der Waals surface area contributed by atoms with Crippen molar-refractivity contribution in [1.82, 2.24) is 20.0 Å². The molecule has 8 nitrogen and oxygen atoms in total. The Bertz CT molecular complexity index is 1150. The molecule has 0 saturated carbocycles. The van der Waals surface area contributed by atoms with Gasteiger partial charge in [-0.05, 0) is 55.3 Å². The SMILES string of the molecule is CCN(CC)[C@@H]1CCN(Cc2ccccc2)C[C@H]1Oc1ccc2c(c1)CN(C1CCC(=O)NC1=O)C2=O. The average Bonchev–Trinajstić information content (AvgIpc) is 3.22. The van der Waals surface area contributed by atoms with Gasteiger partial charge in [0, 0.05) is 44.2 Å². The fraction of sp³-hybridized carbons (Fsp3) is 0.483. The summed E-state index contributed by atoms with van der Waals surface area (Å²) in [4.78, 5) is 43.5. The number of nitrogens with zero attached hydrogens (tertiary/aromatic N) is 3. The van der Waals surface area contributed by atoms with Gasteiger partial charge in [0.15, 0.2) is 0 Å². The molecular formula is C29H36N4O4. The number of ether oxygens (including phenoxy) is 1. The lowest BCUT2D eigenvalue weighted by atomic mass is 9.98. The number of imide groups is 1. The summed E-state index contributed by atoms with van der Waals surface area (Å²) in [5.74, 6) is -0.0848. The maximum Gasteiger partial charge on any atom is 0.255 e. The number of benzene rings is 2. The van der Waals surface area contributed by atoms with Gasteiger partial charge in [0.25, 0.3) is 5.91 Å². The van der Waals surface area contributed by atoms with E-state index < -0.39 is 11.9 Å². The molecule has 3 aliphatic heterocycles. The van der Waals surface area contributed by atoms with E-state index in [-0.39, 0.29) is 24.3 Å². The lowest BCUT2D eigenvalue weighted by molar-refractivity contribution is -0.136. The van der Waals surface area contributed by atoms with Crippen LogP contribution in [0.4, 0.5) is 0 Å². The summed E-state index contributed by atoms with van der Waals surface area (Å²) in [6, 6.07) is 15.9. The lowest BCUT2D eigenvalue weighted by Gasteiger charge is -2.43. The average molecular weight is 505 g/mol. The molecule has 3 atom stereocenters. The van der Waals surface area contributed by atoms with Crippen LogP contribution in [0.3, 0.4) is 0 Å². The Morgan fingerprint density at radius 1 is 1.03 bits per heavy atom. The summed E-state index contributed by atoms with van der Waals surface area (Å²) >= 11 is 0. The van der Waals surface area contributed by atoms with Crippen molar-refractivity contribution in [2.24, 2.45) is 0 Å². The number of carbonyl (C=O) groups excluding carboxylic acids is 3. The van der Waals surface area contributed by atoms with Crippen LogP contribution in [-0.4, -0.2) is 76.8 Å².